The van der Waals surface area contributed by atoms with Crippen molar-refractivity contribution >= 4 is 33.4 Å². The number of aromatic nitrogens is 5. The topological polar surface area (TPSA) is 93.5 Å². The summed E-state index contributed by atoms with van der Waals surface area (Å²) in [6.45, 7) is 5.60. The van der Waals surface area contributed by atoms with Crippen molar-refractivity contribution < 1.29 is 18.3 Å². The Bertz CT molecular complexity index is 2290. The number of methoxy groups -OCH3 is 2. The molecule has 10 nitrogen and oxygen atoms in total. The molecule has 3 aromatic heterocycles. The van der Waals surface area contributed by atoms with E-state index in [1.54, 1.807) is 14.2 Å². The summed E-state index contributed by atoms with van der Waals surface area (Å²) in [5.41, 5.74) is 8.17. The number of fused-ring (bicyclic) bond motifs is 2. The minimum atomic E-state index is -2.83. The van der Waals surface area contributed by atoms with Gasteiger partial charge >= 0.3 is 0 Å². The molecule has 2 fully saturated rings. The molecule has 0 unspecified atom stereocenters. The summed E-state index contributed by atoms with van der Waals surface area (Å²) in [4.78, 5) is 18.0. The van der Waals surface area contributed by atoms with Crippen molar-refractivity contribution in [2.24, 2.45) is 0 Å². The predicted octanol–water partition coefficient (Wildman–Crippen LogP) is 9.40. The third-order valence-corrected chi connectivity index (χ3v) is 11.3. The van der Waals surface area contributed by atoms with E-state index in [2.05, 4.69) is 44.3 Å². The minimum absolute atomic E-state index is 0.245. The largest absolute Gasteiger partial charge is 0.496 e. The zero-order valence-electron chi connectivity index (χ0n) is 32.0. The van der Waals surface area contributed by atoms with Crippen molar-refractivity contribution in [3.8, 4) is 28.3 Å². The summed E-state index contributed by atoms with van der Waals surface area (Å²) in [7, 11) is 5.51. The average molecular weight is 747 g/mol. The van der Waals surface area contributed by atoms with Crippen LogP contribution in [0.4, 0.5) is 20.3 Å². The Hall–Kier alpha value is -5.20. The predicted molar refractivity (Wildman–Crippen MR) is 213 cm³/mol. The second-order valence-corrected chi connectivity index (χ2v) is 14.9. The molecule has 4 heterocycles. The van der Waals surface area contributed by atoms with Crippen molar-refractivity contribution in [1.29, 1.82) is 0 Å². The zero-order chi connectivity index (χ0) is 38.1. The Labute approximate surface area is 320 Å². The molecule has 2 aliphatic rings. The second-order valence-electron chi connectivity index (χ2n) is 14.9. The summed E-state index contributed by atoms with van der Waals surface area (Å²) in [5, 5.41) is 9.17. The average Bonchev–Trinajstić information content (AvgIpc) is 3.89. The number of halogens is 2. The number of pyridine rings is 1. The number of nitrogens with zero attached hydrogens (tertiary/aromatic N) is 7. The Balaban J connectivity index is 1.11. The highest BCUT2D eigenvalue weighted by atomic mass is 19.3. The van der Waals surface area contributed by atoms with Crippen LogP contribution in [0.3, 0.4) is 0 Å². The van der Waals surface area contributed by atoms with Gasteiger partial charge in [-0.05, 0) is 93.2 Å². The monoisotopic (exact) mass is 746 g/mol. The van der Waals surface area contributed by atoms with Gasteiger partial charge in [-0.25, -0.2) is 23.4 Å². The standard InChI is InChI=1S/C43H48F2N8O2/c1-27-31(32-15-11-17-37-33(32)24-47-53(37)30-21-38(54-3)34(39(22-30)55-4)26-52-18-8-9-19-52)14-10-16-35(27)48-42-40-36(49-43(50-42)41(44)45)20-28(23-46-40)25-51(2)29-12-6-5-7-13-29/h10-11,14-17,20-24,29,41H,5-9,12-13,18-19,25-26H2,1-4H3,(H,48,49,50). The number of rotatable bonds is 12. The van der Waals surface area contributed by atoms with E-state index in [-0.39, 0.29) is 5.82 Å². The first kappa shape index (κ1) is 36.8. The van der Waals surface area contributed by atoms with Gasteiger partial charge in [-0.1, -0.05) is 43.5 Å². The molecule has 8 rings (SSSR count). The first-order valence-corrected chi connectivity index (χ1v) is 19.3. The highest BCUT2D eigenvalue weighted by molar-refractivity contribution is 5.97. The molecule has 1 aliphatic heterocycles. The molecule has 3 aromatic carbocycles. The van der Waals surface area contributed by atoms with E-state index in [0.29, 0.717) is 23.6 Å². The van der Waals surface area contributed by atoms with Gasteiger partial charge in [0.15, 0.2) is 11.6 Å². The lowest BCUT2D eigenvalue weighted by molar-refractivity contribution is 0.141. The third kappa shape index (κ3) is 7.45. The van der Waals surface area contributed by atoms with E-state index >= 15 is 0 Å². The number of hydrogen-bond donors (Lipinski definition) is 1. The molecule has 0 amide bonds. The molecule has 0 radical (unpaired) electrons. The lowest BCUT2D eigenvalue weighted by Gasteiger charge is -2.31. The zero-order valence-corrected chi connectivity index (χ0v) is 32.0. The van der Waals surface area contributed by atoms with E-state index in [1.165, 1.54) is 44.9 Å². The maximum Gasteiger partial charge on any atom is 0.297 e. The van der Waals surface area contributed by atoms with Crippen molar-refractivity contribution in [2.45, 2.75) is 77.4 Å². The number of alkyl halides is 2. The third-order valence-electron chi connectivity index (χ3n) is 11.3. The molecule has 6 aromatic rings. The SMILES string of the molecule is COc1cc(-n2ncc3c(-c4cccc(Nc5nc(C(F)F)nc6cc(CN(C)C7CCCCC7)cnc56)c4C)cccc32)cc(OC)c1CN1CCCC1. The van der Waals surface area contributed by atoms with Crippen molar-refractivity contribution in [3.63, 3.8) is 0 Å². The summed E-state index contributed by atoms with van der Waals surface area (Å²) in [6, 6.07) is 18.5. The van der Waals surface area contributed by atoms with Gasteiger partial charge in [0.25, 0.3) is 6.43 Å². The molecule has 12 heteroatoms. The van der Waals surface area contributed by atoms with Crippen LogP contribution in [0.5, 0.6) is 11.5 Å². The summed E-state index contributed by atoms with van der Waals surface area (Å²) >= 11 is 0. The highest BCUT2D eigenvalue weighted by Gasteiger charge is 2.23. The Kier molecular flexibility index (Phi) is 10.6. The Morgan fingerprint density at radius 1 is 0.891 bits per heavy atom. The lowest BCUT2D eigenvalue weighted by Crippen LogP contribution is -2.32. The fourth-order valence-electron chi connectivity index (χ4n) is 8.38. The maximum absolute atomic E-state index is 14.2. The highest BCUT2D eigenvalue weighted by Crippen LogP contribution is 2.39. The number of benzene rings is 3. The number of likely N-dealkylation sites (tertiary alicyclic amines) is 1. The molecule has 0 spiro atoms. The van der Waals surface area contributed by atoms with Crippen LogP contribution < -0.4 is 14.8 Å². The molecular formula is C43H48F2N8O2. The van der Waals surface area contributed by atoms with Crippen LogP contribution in [0, 0.1) is 6.92 Å². The first-order valence-electron chi connectivity index (χ1n) is 19.3. The van der Waals surface area contributed by atoms with E-state index < -0.39 is 12.2 Å². The molecule has 55 heavy (non-hydrogen) atoms. The number of nitrogens with one attached hydrogen (secondary N) is 1. The van der Waals surface area contributed by atoms with E-state index in [9.17, 15) is 8.78 Å². The van der Waals surface area contributed by atoms with Crippen LogP contribution >= 0.6 is 0 Å². The fraction of sp³-hybridized carbons (Fsp3) is 0.395. The molecule has 1 saturated carbocycles. The van der Waals surface area contributed by atoms with Crippen LogP contribution in [0.1, 0.15) is 73.9 Å². The van der Waals surface area contributed by atoms with Crippen molar-refractivity contribution in [3.05, 3.63) is 89.5 Å². The minimum Gasteiger partial charge on any atom is -0.496 e. The van der Waals surface area contributed by atoms with Crippen LogP contribution in [0.15, 0.2) is 67.0 Å². The van der Waals surface area contributed by atoms with Crippen molar-refractivity contribution in [2.75, 3.05) is 39.7 Å². The van der Waals surface area contributed by atoms with Gasteiger partial charge in [0.1, 0.15) is 17.0 Å². The van der Waals surface area contributed by atoms with Crippen LogP contribution in [-0.2, 0) is 13.1 Å². The van der Waals surface area contributed by atoms with Crippen molar-refractivity contribution in [1.82, 2.24) is 34.5 Å². The van der Waals surface area contributed by atoms with Gasteiger partial charge < -0.3 is 14.8 Å². The van der Waals surface area contributed by atoms with E-state index in [0.717, 1.165) is 81.2 Å². The lowest BCUT2D eigenvalue weighted by atomic mass is 9.94. The van der Waals surface area contributed by atoms with E-state index in [4.69, 9.17) is 19.6 Å². The molecule has 1 N–H and O–H groups in total. The summed E-state index contributed by atoms with van der Waals surface area (Å²) in [6.07, 6.45) is 9.38. The molecule has 0 atom stereocenters. The Morgan fingerprint density at radius 3 is 2.35 bits per heavy atom. The molecule has 0 bridgehead atoms. The van der Waals surface area contributed by atoms with Gasteiger partial charge in [-0.2, -0.15) is 5.10 Å². The van der Waals surface area contributed by atoms with E-state index in [1.807, 2.05) is 66.5 Å². The van der Waals surface area contributed by atoms with Gasteiger partial charge in [0.05, 0.1) is 42.7 Å². The smallest absolute Gasteiger partial charge is 0.297 e. The maximum atomic E-state index is 14.2. The van der Waals surface area contributed by atoms with Crippen LogP contribution in [0.25, 0.3) is 38.8 Å². The summed E-state index contributed by atoms with van der Waals surface area (Å²) < 4.78 is 42.1. The van der Waals surface area contributed by atoms with Gasteiger partial charge in [0.2, 0.25) is 0 Å². The van der Waals surface area contributed by atoms with Gasteiger partial charge in [0, 0.05) is 48.5 Å². The van der Waals surface area contributed by atoms with Crippen LogP contribution in [0.2, 0.25) is 0 Å². The fourth-order valence-corrected chi connectivity index (χ4v) is 8.38. The molecule has 1 saturated heterocycles. The summed E-state index contributed by atoms with van der Waals surface area (Å²) in [5.74, 6) is 1.24. The molecule has 1 aliphatic carbocycles. The number of ether oxygens (including phenoxy) is 2. The van der Waals surface area contributed by atoms with Gasteiger partial charge in [-0.15, -0.1) is 0 Å². The quantitative estimate of drug-likeness (QED) is 0.132. The molecular weight excluding hydrogens is 699 g/mol. The first-order chi connectivity index (χ1) is 26.8. The molecule has 286 valence electrons. The van der Waals surface area contributed by atoms with Crippen LogP contribution in [-0.4, -0.2) is 74.9 Å². The number of hydrogen-bond acceptors (Lipinski definition) is 9. The van der Waals surface area contributed by atoms with Gasteiger partial charge in [-0.3, -0.25) is 14.8 Å². The number of anilines is 2. The second kappa shape index (κ2) is 15.9. The normalized spacial score (nSPS) is 15.5. The Morgan fingerprint density at radius 2 is 1.62 bits per heavy atom.